The topological polar surface area (TPSA) is 0 Å². The summed E-state index contributed by atoms with van der Waals surface area (Å²) in [7, 11) is 0. The molecule has 1 aromatic carbocycles. The van der Waals surface area contributed by atoms with Crippen molar-refractivity contribution in [2.75, 3.05) is 0 Å². The molecule has 0 atom stereocenters. The van der Waals surface area contributed by atoms with Crippen molar-refractivity contribution in [2.24, 2.45) is 5.92 Å². The van der Waals surface area contributed by atoms with Gasteiger partial charge in [-0.3, -0.25) is 0 Å². The maximum Gasteiger partial charge on any atom is -0.0198 e. The first-order valence-corrected chi connectivity index (χ1v) is 6.84. The van der Waals surface area contributed by atoms with E-state index in [9.17, 15) is 0 Å². The lowest BCUT2D eigenvalue weighted by Gasteiger charge is -2.16. The summed E-state index contributed by atoms with van der Waals surface area (Å²) in [5.41, 5.74) is 6.97. The van der Waals surface area contributed by atoms with Gasteiger partial charge in [0.15, 0.2) is 0 Å². The average molecular weight is 228 g/mol. The Labute approximate surface area is 106 Å². The van der Waals surface area contributed by atoms with E-state index in [1.165, 1.54) is 59.9 Å². The largest absolute Gasteiger partial charge is 0.0952 e. The van der Waals surface area contributed by atoms with E-state index in [0.717, 1.165) is 5.92 Å². The van der Waals surface area contributed by atoms with E-state index < -0.39 is 0 Å². The van der Waals surface area contributed by atoms with E-state index in [-0.39, 0.29) is 0 Å². The highest BCUT2D eigenvalue weighted by Crippen LogP contribution is 2.34. The highest BCUT2D eigenvalue weighted by molar-refractivity contribution is 5.68. The lowest BCUT2D eigenvalue weighted by Crippen LogP contribution is -1.98. The van der Waals surface area contributed by atoms with Crippen molar-refractivity contribution in [2.45, 2.75) is 52.9 Å². The van der Waals surface area contributed by atoms with Crippen LogP contribution in [-0.4, -0.2) is 0 Å². The van der Waals surface area contributed by atoms with Crippen LogP contribution in [0.2, 0.25) is 0 Å². The van der Waals surface area contributed by atoms with Gasteiger partial charge in [-0.2, -0.15) is 0 Å². The molecular formula is C17H24. The fourth-order valence-electron chi connectivity index (χ4n) is 3.01. The second-order valence-corrected chi connectivity index (χ2v) is 5.64. The standard InChI is InChI=1S/C17H24/c1-12-9-10-17(15(4)14(12)3)13(2)11-16-7-5-6-8-16/h9-10,16H,2,5-8,11H2,1,3-4H3. The molecule has 17 heavy (non-hydrogen) atoms. The Morgan fingerprint density at radius 2 is 1.76 bits per heavy atom. The Bertz CT molecular complexity index is 420. The number of hydrogen-bond donors (Lipinski definition) is 0. The lowest BCUT2D eigenvalue weighted by molar-refractivity contribution is 0.566. The molecule has 1 aromatic rings. The average Bonchev–Trinajstić information content (AvgIpc) is 2.78. The molecule has 1 saturated carbocycles. The number of benzene rings is 1. The fraction of sp³-hybridized carbons (Fsp3) is 0.529. The molecule has 0 radical (unpaired) electrons. The number of allylic oxidation sites excluding steroid dienone is 1. The van der Waals surface area contributed by atoms with Crippen LogP contribution in [0.15, 0.2) is 18.7 Å². The Balaban J connectivity index is 2.16. The van der Waals surface area contributed by atoms with E-state index in [2.05, 4.69) is 39.5 Å². The molecule has 0 heteroatoms. The van der Waals surface area contributed by atoms with E-state index in [4.69, 9.17) is 0 Å². The first-order valence-electron chi connectivity index (χ1n) is 6.84. The van der Waals surface area contributed by atoms with E-state index in [1.807, 2.05) is 0 Å². The molecule has 92 valence electrons. The van der Waals surface area contributed by atoms with Crippen molar-refractivity contribution in [3.63, 3.8) is 0 Å². The van der Waals surface area contributed by atoms with Gasteiger partial charge in [0, 0.05) is 0 Å². The molecular weight excluding hydrogens is 204 g/mol. The third-order valence-electron chi connectivity index (χ3n) is 4.45. The molecule has 0 spiro atoms. The number of hydrogen-bond acceptors (Lipinski definition) is 0. The maximum atomic E-state index is 4.32. The minimum atomic E-state index is 0.892. The zero-order valence-corrected chi connectivity index (χ0v) is 11.5. The van der Waals surface area contributed by atoms with Gasteiger partial charge in [-0.25, -0.2) is 0 Å². The van der Waals surface area contributed by atoms with Gasteiger partial charge in [0.05, 0.1) is 0 Å². The molecule has 0 heterocycles. The summed E-state index contributed by atoms with van der Waals surface area (Å²) >= 11 is 0. The summed E-state index contributed by atoms with van der Waals surface area (Å²) in [6, 6.07) is 4.49. The van der Waals surface area contributed by atoms with Gasteiger partial charge in [-0.1, -0.05) is 44.4 Å². The molecule has 0 bridgehead atoms. The predicted molar refractivity (Wildman–Crippen MR) is 76.3 cm³/mol. The lowest BCUT2D eigenvalue weighted by atomic mass is 9.89. The van der Waals surface area contributed by atoms with Gasteiger partial charge in [0.1, 0.15) is 0 Å². The second-order valence-electron chi connectivity index (χ2n) is 5.64. The maximum absolute atomic E-state index is 4.32. The molecule has 0 nitrogen and oxygen atoms in total. The Morgan fingerprint density at radius 1 is 1.12 bits per heavy atom. The van der Waals surface area contributed by atoms with Crippen molar-refractivity contribution in [3.05, 3.63) is 41.0 Å². The molecule has 1 fully saturated rings. The van der Waals surface area contributed by atoms with Crippen LogP contribution in [0.25, 0.3) is 5.57 Å². The minimum absolute atomic E-state index is 0.892. The Kier molecular flexibility index (Phi) is 3.71. The van der Waals surface area contributed by atoms with Gasteiger partial charge < -0.3 is 0 Å². The van der Waals surface area contributed by atoms with Gasteiger partial charge in [-0.15, -0.1) is 0 Å². The highest BCUT2D eigenvalue weighted by Gasteiger charge is 2.17. The van der Waals surface area contributed by atoms with E-state index in [1.54, 1.807) is 0 Å². The SMILES string of the molecule is C=C(CC1CCCC1)c1ccc(C)c(C)c1C. The highest BCUT2D eigenvalue weighted by atomic mass is 14.2. The van der Waals surface area contributed by atoms with Crippen LogP contribution >= 0.6 is 0 Å². The summed E-state index contributed by atoms with van der Waals surface area (Å²) in [4.78, 5) is 0. The summed E-state index contributed by atoms with van der Waals surface area (Å²) in [5.74, 6) is 0.892. The van der Waals surface area contributed by atoms with Crippen molar-refractivity contribution in [3.8, 4) is 0 Å². The minimum Gasteiger partial charge on any atom is -0.0952 e. The van der Waals surface area contributed by atoms with Gasteiger partial charge >= 0.3 is 0 Å². The van der Waals surface area contributed by atoms with E-state index >= 15 is 0 Å². The van der Waals surface area contributed by atoms with Gasteiger partial charge in [0.2, 0.25) is 0 Å². The molecule has 1 aliphatic carbocycles. The van der Waals surface area contributed by atoms with Crippen LogP contribution in [0.3, 0.4) is 0 Å². The summed E-state index contributed by atoms with van der Waals surface area (Å²) in [6.45, 7) is 11.0. The monoisotopic (exact) mass is 228 g/mol. The second kappa shape index (κ2) is 5.08. The summed E-state index contributed by atoms with van der Waals surface area (Å²) in [6.07, 6.45) is 6.85. The van der Waals surface area contributed by atoms with Crippen molar-refractivity contribution < 1.29 is 0 Å². The first kappa shape index (κ1) is 12.4. The third-order valence-corrected chi connectivity index (χ3v) is 4.45. The van der Waals surface area contributed by atoms with Crippen molar-refractivity contribution in [1.82, 2.24) is 0 Å². The smallest absolute Gasteiger partial charge is 0.0198 e. The Morgan fingerprint density at radius 3 is 2.41 bits per heavy atom. The summed E-state index contributed by atoms with van der Waals surface area (Å²) in [5, 5.41) is 0. The van der Waals surface area contributed by atoms with Crippen LogP contribution in [0.5, 0.6) is 0 Å². The zero-order valence-electron chi connectivity index (χ0n) is 11.5. The molecule has 0 amide bonds. The van der Waals surface area contributed by atoms with Crippen molar-refractivity contribution in [1.29, 1.82) is 0 Å². The predicted octanol–water partition coefficient (Wildman–Crippen LogP) is 5.21. The number of rotatable bonds is 3. The van der Waals surface area contributed by atoms with Crippen LogP contribution in [-0.2, 0) is 0 Å². The quantitative estimate of drug-likeness (QED) is 0.666. The zero-order chi connectivity index (χ0) is 12.4. The first-order chi connectivity index (χ1) is 8.09. The molecule has 0 aromatic heterocycles. The molecule has 0 aliphatic heterocycles. The molecule has 2 rings (SSSR count). The van der Waals surface area contributed by atoms with Crippen LogP contribution in [0, 0.1) is 26.7 Å². The van der Waals surface area contributed by atoms with Gasteiger partial charge in [-0.05, 0) is 60.9 Å². The van der Waals surface area contributed by atoms with E-state index in [0.29, 0.717) is 0 Å². The molecule has 1 aliphatic rings. The van der Waals surface area contributed by atoms with Crippen LogP contribution < -0.4 is 0 Å². The molecule has 0 saturated heterocycles. The molecule has 0 N–H and O–H groups in total. The normalized spacial score (nSPS) is 16.4. The molecule has 0 unspecified atom stereocenters. The van der Waals surface area contributed by atoms with Gasteiger partial charge in [0.25, 0.3) is 0 Å². The van der Waals surface area contributed by atoms with Crippen molar-refractivity contribution >= 4 is 5.57 Å². The fourth-order valence-corrected chi connectivity index (χ4v) is 3.01. The summed E-state index contributed by atoms with van der Waals surface area (Å²) < 4.78 is 0. The van der Waals surface area contributed by atoms with Crippen LogP contribution in [0.1, 0.15) is 54.4 Å². The Hall–Kier alpha value is -1.04. The number of aryl methyl sites for hydroxylation is 1. The third kappa shape index (κ3) is 2.62. The van der Waals surface area contributed by atoms with Crippen LogP contribution in [0.4, 0.5) is 0 Å².